The maximum absolute atomic E-state index is 13.4. The van der Waals surface area contributed by atoms with E-state index in [1.54, 1.807) is 12.1 Å². The van der Waals surface area contributed by atoms with Crippen molar-refractivity contribution in [2.45, 2.75) is 0 Å². The van der Waals surface area contributed by atoms with Crippen LogP contribution in [0.2, 0.25) is 0 Å². The van der Waals surface area contributed by atoms with E-state index in [9.17, 15) is 9.18 Å². The predicted molar refractivity (Wildman–Crippen MR) is 83.6 cm³/mol. The van der Waals surface area contributed by atoms with Gasteiger partial charge in [0.2, 0.25) is 0 Å². The number of H-pyrrole nitrogens is 1. The number of fused-ring (bicyclic) bond motifs is 3. The minimum Gasteiger partial charge on any atom is -0.383 e. The molecule has 0 aliphatic rings. The van der Waals surface area contributed by atoms with Crippen molar-refractivity contribution in [3.8, 4) is 5.69 Å². The van der Waals surface area contributed by atoms with Crippen LogP contribution >= 0.6 is 0 Å². The van der Waals surface area contributed by atoms with Gasteiger partial charge in [-0.2, -0.15) is 0 Å². The maximum Gasteiger partial charge on any atom is 0.282 e. The van der Waals surface area contributed by atoms with E-state index >= 15 is 0 Å². The van der Waals surface area contributed by atoms with Gasteiger partial charge in [-0.15, -0.1) is 0 Å². The highest BCUT2D eigenvalue weighted by molar-refractivity contribution is 6.07. The molecular formula is C16H11FN4O. The fraction of sp³-hybridized carbons (Fsp3) is 0. The number of nitrogens with zero attached hydrogens (tertiary/aromatic N) is 2. The standard InChI is InChI=1S/C16H11FN4O/c17-9-4-3-5-10(8-9)21-16(22)13-14(20-21)11-6-1-2-7-12(11)19-15(13)18/h1-8,20H,(H2,18,19). The second-order valence-electron chi connectivity index (χ2n) is 5.00. The van der Waals surface area contributed by atoms with Crippen LogP contribution in [0.1, 0.15) is 0 Å². The molecule has 5 nitrogen and oxygen atoms in total. The van der Waals surface area contributed by atoms with Crippen LogP contribution < -0.4 is 11.3 Å². The number of hydrogen-bond acceptors (Lipinski definition) is 3. The van der Waals surface area contributed by atoms with E-state index < -0.39 is 5.82 Å². The average Bonchev–Trinajstić information content (AvgIpc) is 2.86. The Hall–Kier alpha value is -3.15. The molecule has 2 aromatic carbocycles. The summed E-state index contributed by atoms with van der Waals surface area (Å²) in [6.07, 6.45) is 0. The van der Waals surface area contributed by atoms with E-state index in [1.807, 2.05) is 24.3 Å². The Morgan fingerprint density at radius 2 is 1.95 bits per heavy atom. The fourth-order valence-corrected chi connectivity index (χ4v) is 2.63. The third-order valence-electron chi connectivity index (χ3n) is 3.63. The molecule has 4 aromatic rings. The molecule has 0 spiro atoms. The van der Waals surface area contributed by atoms with Gasteiger partial charge in [0, 0.05) is 5.39 Å². The molecule has 4 rings (SSSR count). The molecule has 0 saturated heterocycles. The highest BCUT2D eigenvalue weighted by atomic mass is 19.1. The van der Waals surface area contributed by atoms with Gasteiger partial charge >= 0.3 is 0 Å². The number of halogens is 1. The number of hydrogen-bond donors (Lipinski definition) is 2. The van der Waals surface area contributed by atoms with Crippen LogP contribution in [0.15, 0.2) is 53.3 Å². The molecule has 0 radical (unpaired) electrons. The lowest BCUT2D eigenvalue weighted by Gasteiger charge is -2.01. The number of benzene rings is 2. The molecule has 0 bridgehead atoms. The van der Waals surface area contributed by atoms with Crippen LogP contribution in [0, 0.1) is 5.82 Å². The number of aromatic nitrogens is 3. The van der Waals surface area contributed by atoms with Gasteiger partial charge in [-0.3, -0.25) is 9.89 Å². The molecule has 0 amide bonds. The molecule has 0 atom stereocenters. The molecule has 2 aromatic heterocycles. The zero-order chi connectivity index (χ0) is 15.3. The van der Waals surface area contributed by atoms with Crippen LogP contribution in [0.25, 0.3) is 27.5 Å². The summed E-state index contributed by atoms with van der Waals surface area (Å²) in [7, 11) is 0. The number of nitrogens with one attached hydrogen (secondary N) is 1. The number of nitrogens with two attached hydrogens (primary N) is 1. The van der Waals surface area contributed by atoms with Gasteiger partial charge in [-0.1, -0.05) is 24.3 Å². The van der Waals surface area contributed by atoms with Gasteiger partial charge in [0.05, 0.1) is 16.7 Å². The molecule has 0 unspecified atom stereocenters. The molecule has 0 aliphatic carbocycles. The van der Waals surface area contributed by atoms with Crippen molar-refractivity contribution in [2.75, 3.05) is 5.73 Å². The smallest absolute Gasteiger partial charge is 0.282 e. The van der Waals surface area contributed by atoms with Crippen LogP contribution in [-0.4, -0.2) is 14.8 Å². The first-order chi connectivity index (χ1) is 10.6. The molecular weight excluding hydrogens is 283 g/mol. The number of rotatable bonds is 1. The molecule has 0 aliphatic heterocycles. The summed E-state index contributed by atoms with van der Waals surface area (Å²) in [5.41, 5.74) is 7.27. The normalized spacial score (nSPS) is 11.3. The van der Waals surface area contributed by atoms with Crippen molar-refractivity contribution >= 4 is 27.6 Å². The summed E-state index contributed by atoms with van der Waals surface area (Å²) in [6.45, 7) is 0. The number of anilines is 1. The highest BCUT2D eigenvalue weighted by Crippen LogP contribution is 2.24. The first-order valence-corrected chi connectivity index (χ1v) is 6.70. The second-order valence-corrected chi connectivity index (χ2v) is 5.00. The lowest BCUT2D eigenvalue weighted by molar-refractivity contribution is 0.625. The number of nitrogen functional groups attached to an aromatic ring is 1. The molecule has 108 valence electrons. The van der Waals surface area contributed by atoms with E-state index in [2.05, 4.69) is 10.1 Å². The molecule has 0 fully saturated rings. The first-order valence-electron chi connectivity index (χ1n) is 6.70. The van der Waals surface area contributed by atoms with Crippen molar-refractivity contribution in [3.05, 3.63) is 64.7 Å². The quantitative estimate of drug-likeness (QED) is 0.566. The Kier molecular flexibility index (Phi) is 2.53. The van der Waals surface area contributed by atoms with E-state index in [1.165, 1.54) is 16.8 Å². The minimum atomic E-state index is -0.418. The Balaban J connectivity index is 2.15. The van der Waals surface area contributed by atoms with Crippen LogP contribution in [0.3, 0.4) is 0 Å². The Morgan fingerprint density at radius 3 is 2.77 bits per heavy atom. The van der Waals surface area contributed by atoms with E-state index in [0.29, 0.717) is 22.1 Å². The topological polar surface area (TPSA) is 76.7 Å². The SMILES string of the molecule is Nc1nc2ccccc2c2[nH]n(-c3cccc(F)c3)c(=O)c12. The van der Waals surface area contributed by atoms with Crippen molar-refractivity contribution in [3.63, 3.8) is 0 Å². The number of pyridine rings is 1. The van der Waals surface area contributed by atoms with Crippen LogP contribution in [0.5, 0.6) is 0 Å². The van der Waals surface area contributed by atoms with E-state index in [-0.39, 0.29) is 11.4 Å². The second kappa shape index (κ2) is 4.42. The fourth-order valence-electron chi connectivity index (χ4n) is 2.63. The van der Waals surface area contributed by atoms with Gasteiger partial charge in [-0.05, 0) is 24.3 Å². The van der Waals surface area contributed by atoms with Crippen molar-refractivity contribution < 1.29 is 4.39 Å². The summed E-state index contributed by atoms with van der Waals surface area (Å²) in [6, 6.07) is 13.2. The highest BCUT2D eigenvalue weighted by Gasteiger charge is 2.15. The van der Waals surface area contributed by atoms with Gasteiger partial charge in [0.1, 0.15) is 17.0 Å². The zero-order valence-corrected chi connectivity index (χ0v) is 11.4. The van der Waals surface area contributed by atoms with Crippen LogP contribution in [0.4, 0.5) is 10.2 Å². The van der Waals surface area contributed by atoms with E-state index in [4.69, 9.17) is 5.73 Å². The third kappa shape index (κ3) is 1.70. The Bertz CT molecular complexity index is 1080. The monoisotopic (exact) mass is 294 g/mol. The van der Waals surface area contributed by atoms with Crippen molar-refractivity contribution in [1.29, 1.82) is 0 Å². The summed E-state index contributed by atoms with van der Waals surface area (Å²) in [5.74, 6) is -0.260. The van der Waals surface area contributed by atoms with Gasteiger partial charge in [0.25, 0.3) is 5.56 Å². The van der Waals surface area contributed by atoms with Gasteiger partial charge in [-0.25, -0.2) is 14.1 Å². The van der Waals surface area contributed by atoms with Gasteiger partial charge < -0.3 is 5.73 Å². The molecule has 6 heteroatoms. The third-order valence-corrected chi connectivity index (χ3v) is 3.63. The van der Waals surface area contributed by atoms with Crippen molar-refractivity contribution in [2.24, 2.45) is 0 Å². The summed E-state index contributed by atoms with van der Waals surface area (Å²) < 4.78 is 14.7. The number of para-hydroxylation sites is 1. The molecule has 2 heterocycles. The van der Waals surface area contributed by atoms with Crippen LogP contribution in [-0.2, 0) is 0 Å². The Morgan fingerprint density at radius 1 is 1.14 bits per heavy atom. The first kappa shape index (κ1) is 12.6. The average molecular weight is 294 g/mol. The summed E-state index contributed by atoms with van der Waals surface area (Å²) in [5, 5.41) is 4.11. The largest absolute Gasteiger partial charge is 0.383 e. The molecule has 3 N–H and O–H groups in total. The summed E-state index contributed by atoms with van der Waals surface area (Å²) in [4.78, 5) is 16.9. The lowest BCUT2D eigenvalue weighted by atomic mass is 10.1. The lowest BCUT2D eigenvalue weighted by Crippen LogP contribution is -2.15. The number of aromatic amines is 1. The predicted octanol–water partition coefficient (Wildman–Crippen LogP) is 2.59. The zero-order valence-electron chi connectivity index (χ0n) is 11.4. The van der Waals surface area contributed by atoms with Crippen molar-refractivity contribution in [1.82, 2.24) is 14.8 Å². The molecule has 0 saturated carbocycles. The van der Waals surface area contributed by atoms with Gasteiger partial charge in [0.15, 0.2) is 0 Å². The molecule has 22 heavy (non-hydrogen) atoms. The minimum absolute atomic E-state index is 0.158. The Labute approximate surface area is 123 Å². The maximum atomic E-state index is 13.4. The summed E-state index contributed by atoms with van der Waals surface area (Å²) >= 11 is 0. The van der Waals surface area contributed by atoms with E-state index in [0.717, 1.165) is 5.39 Å².